The minimum Gasteiger partial charge on any atom is -0.463 e. The van der Waals surface area contributed by atoms with Crippen LogP contribution in [-0.2, 0) is 27.9 Å². The van der Waals surface area contributed by atoms with Crippen molar-refractivity contribution in [2.45, 2.75) is 219 Å². The van der Waals surface area contributed by atoms with Crippen molar-refractivity contribution < 1.29 is 37.9 Å². The summed E-state index contributed by atoms with van der Waals surface area (Å²) in [5.74, 6) is -0.524. The van der Waals surface area contributed by atoms with Crippen LogP contribution in [0.5, 0.6) is 0 Å². The van der Waals surface area contributed by atoms with Crippen molar-refractivity contribution >= 4 is 19.7 Å². The molecule has 56 heavy (non-hydrogen) atoms. The summed E-state index contributed by atoms with van der Waals surface area (Å²) in [5, 5.41) is 12.7. The van der Waals surface area contributed by atoms with Crippen LogP contribution in [0.4, 0.5) is 0 Å². The summed E-state index contributed by atoms with van der Waals surface area (Å²) in [5.41, 5.74) is 0. The maximum atomic E-state index is 12.1. The third-order valence-electron chi connectivity index (χ3n) is 9.79. The van der Waals surface area contributed by atoms with E-state index in [0.29, 0.717) is 6.42 Å². The van der Waals surface area contributed by atoms with Crippen molar-refractivity contribution in [3.05, 3.63) is 36.5 Å². The van der Waals surface area contributed by atoms with E-state index in [9.17, 15) is 24.2 Å². The van der Waals surface area contributed by atoms with Crippen molar-refractivity contribution in [2.24, 2.45) is 0 Å². The molecule has 0 aromatic rings. The highest BCUT2D eigenvalue weighted by Gasteiger charge is 2.23. The number of aliphatic hydroxyl groups is 1. The van der Waals surface area contributed by atoms with E-state index in [1.54, 1.807) is 0 Å². The lowest BCUT2D eigenvalue weighted by molar-refractivity contribution is -0.147. The molecule has 0 fully saturated rings. The molecule has 9 nitrogen and oxygen atoms in total. The predicted molar refractivity (Wildman–Crippen MR) is 234 cm³/mol. The number of hydrogen-bond acceptors (Lipinski definition) is 7. The predicted octanol–water partition coefficient (Wildman–Crippen LogP) is 12.9. The van der Waals surface area contributed by atoms with Crippen molar-refractivity contribution in [3.8, 4) is 0 Å². The van der Waals surface area contributed by atoms with Gasteiger partial charge in [-0.15, -0.1) is 0 Å². The number of carbonyl (C=O) groups is 2. The van der Waals surface area contributed by atoms with Crippen LogP contribution in [0.3, 0.4) is 0 Å². The van der Waals surface area contributed by atoms with Gasteiger partial charge in [0.05, 0.1) is 13.2 Å². The zero-order valence-corrected chi connectivity index (χ0v) is 37.0. The van der Waals surface area contributed by atoms with Gasteiger partial charge in [-0.2, -0.15) is 0 Å². The fourth-order valence-electron chi connectivity index (χ4n) is 6.29. The first-order valence-corrected chi connectivity index (χ1v) is 24.5. The smallest absolute Gasteiger partial charge is 0.463 e. The fraction of sp³-hybridized carbons (Fsp3) is 0.826. The second kappa shape index (κ2) is 42.8. The molecule has 0 aliphatic carbocycles. The van der Waals surface area contributed by atoms with Crippen LogP contribution in [0, 0.1) is 0 Å². The van der Waals surface area contributed by atoms with Crippen LogP contribution in [0.25, 0.3) is 0 Å². The van der Waals surface area contributed by atoms with Gasteiger partial charge in [-0.05, 0) is 70.6 Å². The van der Waals surface area contributed by atoms with Gasteiger partial charge in [-0.3, -0.25) is 18.6 Å². The maximum absolute atomic E-state index is 12.1. The summed E-state index contributed by atoms with van der Waals surface area (Å²) >= 11 is 0. The van der Waals surface area contributed by atoms with Gasteiger partial charge in [0.15, 0.2) is 0 Å². The average molecular weight is 812 g/mol. The Kier molecular flexibility index (Phi) is 41.5. The molecule has 0 heterocycles. The Bertz CT molecular complexity index is 1020. The van der Waals surface area contributed by atoms with Gasteiger partial charge >= 0.3 is 13.8 Å². The molecule has 2 atom stereocenters. The minimum atomic E-state index is -4.42. The van der Waals surface area contributed by atoms with Gasteiger partial charge in [-0.1, -0.05) is 166 Å². The zero-order valence-electron chi connectivity index (χ0n) is 36.1. The lowest BCUT2D eigenvalue weighted by Gasteiger charge is -2.15. The van der Waals surface area contributed by atoms with Gasteiger partial charge in [0.2, 0.25) is 5.91 Å². The summed E-state index contributed by atoms with van der Waals surface area (Å²) in [6.45, 7) is 3.52. The van der Waals surface area contributed by atoms with Gasteiger partial charge in [-0.25, -0.2) is 4.57 Å². The van der Waals surface area contributed by atoms with Crippen molar-refractivity contribution in [2.75, 3.05) is 26.4 Å². The first-order valence-electron chi connectivity index (χ1n) is 23.0. The van der Waals surface area contributed by atoms with E-state index < -0.39 is 26.5 Å². The molecule has 0 aromatic carbocycles. The number of rotatable bonds is 43. The monoisotopic (exact) mass is 812 g/mol. The van der Waals surface area contributed by atoms with E-state index in [1.165, 1.54) is 122 Å². The SMILES string of the molecule is CCCCC/C=C\C/C=C\CCCCCCCCCCCCCC(=O)NCCOP(=O)(O)OCC(O)COC(=O)CCCCCCC/C=C\CCCCCCC. The van der Waals surface area contributed by atoms with E-state index in [2.05, 4.69) is 55.6 Å². The number of ether oxygens (including phenoxy) is 1. The molecule has 0 aliphatic rings. The number of aliphatic hydroxyl groups excluding tert-OH is 1. The van der Waals surface area contributed by atoms with E-state index in [-0.39, 0.29) is 32.1 Å². The van der Waals surface area contributed by atoms with Gasteiger partial charge in [0.1, 0.15) is 12.7 Å². The van der Waals surface area contributed by atoms with E-state index in [1.807, 2.05) is 0 Å². The average Bonchev–Trinajstić information content (AvgIpc) is 3.18. The fourth-order valence-corrected chi connectivity index (χ4v) is 7.04. The van der Waals surface area contributed by atoms with E-state index >= 15 is 0 Å². The molecule has 2 unspecified atom stereocenters. The van der Waals surface area contributed by atoms with Gasteiger partial charge in [0, 0.05) is 19.4 Å². The lowest BCUT2D eigenvalue weighted by atomic mass is 10.0. The first-order chi connectivity index (χ1) is 27.3. The van der Waals surface area contributed by atoms with E-state index in [4.69, 9.17) is 13.8 Å². The van der Waals surface area contributed by atoms with Gasteiger partial charge < -0.3 is 20.1 Å². The Labute approximate surface area is 343 Å². The molecule has 0 aliphatic heterocycles. The minimum absolute atomic E-state index is 0.0801. The van der Waals surface area contributed by atoms with Crippen LogP contribution < -0.4 is 5.32 Å². The molecule has 328 valence electrons. The Balaban J connectivity index is 3.57. The number of allylic oxidation sites excluding steroid dienone is 6. The molecular weight excluding hydrogens is 725 g/mol. The standard InChI is InChI=1S/C46H86NO8P/c1-3-5-7-9-11-13-15-17-19-20-21-22-23-24-25-26-28-30-32-34-36-38-45(49)47-40-41-54-56(51,52)55-43-44(48)42-53-46(50)39-37-35-33-31-29-27-18-16-14-12-10-8-6-4-2/h11,13,16-19,44,48H,3-10,12,14-15,20-43H2,1-2H3,(H,47,49)(H,51,52)/b13-11-,18-16-,19-17-. The van der Waals surface area contributed by atoms with E-state index in [0.717, 1.165) is 64.2 Å². The molecular formula is C46H86NO8P. The third kappa shape index (κ3) is 43.4. The highest BCUT2D eigenvalue weighted by atomic mass is 31.2. The summed E-state index contributed by atoms with van der Waals surface area (Å²) in [6.07, 6.45) is 47.9. The van der Waals surface area contributed by atoms with Crippen LogP contribution >= 0.6 is 7.82 Å². The molecule has 0 saturated carbocycles. The molecule has 0 aromatic heterocycles. The van der Waals surface area contributed by atoms with Gasteiger partial charge in [0.25, 0.3) is 0 Å². The molecule has 0 saturated heterocycles. The number of esters is 1. The zero-order chi connectivity index (χ0) is 41.1. The Hall–Kier alpha value is -1.77. The Morgan fingerprint density at radius 1 is 0.554 bits per heavy atom. The third-order valence-corrected chi connectivity index (χ3v) is 10.8. The topological polar surface area (TPSA) is 131 Å². The number of carbonyl (C=O) groups excluding carboxylic acids is 2. The lowest BCUT2D eigenvalue weighted by Crippen LogP contribution is -2.27. The first kappa shape index (κ1) is 54.2. The van der Waals surface area contributed by atoms with Crippen molar-refractivity contribution in [1.29, 1.82) is 0 Å². The molecule has 1 amide bonds. The normalized spacial score (nSPS) is 13.6. The molecule has 0 radical (unpaired) electrons. The summed E-state index contributed by atoms with van der Waals surface area (Å²) in [4.78, 5) is 33.9. The number of amides is 1. The highest BCUT2D eigenvalue weighted by Crippen LogP contribution is 2.42. The van der Waals surface area contributed by atoms with Crippen LogP contribution in [-0.4, -0.2) is 54.3 Å². The summed E-state index contributed by atoms with van der Waals surface area (Å²) < 4.78 is 26.9. The number of hydrogen-bond donors (Lipinski definition) is 3. The molecule has 10 heteroatoms. The van der Waals surface area contributed by atoms with Crippen LogP contribution in [0.15, 0.2) is 36.5 Å². The second-order valence-electron chi connectivity index (χ2n) is 15.4. The van der Waals surface area contributed by atoms with Crippen molar-refractivity contribution in [1.82, 2.24) is 5.32 Å². The molecule has 0 bridgehead atoms. The van der Waals surface area contributed by atoms with Crippen LogP contribution in [0.1, 0.15) is 213 Å². The second-order valence-corrected chi connectivity index (χ2v) is 16.8. The summed E-state index contributed by atoms with van der Waals surface area (Å²) in [6, 6.07) is 0. The quantitative estimate of drug-likeness (QED) is 0.0240. The maximum Gasteiger partial charge on any atom is 0.472 e. The number of phosphoric acid groups is 1. The number of nitrogens with one attached hydrogen (secondary N) is 1. The number of phosphoric ester groups is 1. The molecule has 0 spiro atoms. The summed E-state index contributed by atoms with van der Waals surface area (Å²) in [7, 11) is -4.42. The highest BCUT2D eigenvalue weighted by molar-refractivity contribution is 7.47. The molecule has 0 rings (SSSR count). The molecule has 3 N–H and O–H groups in total. The van der Waals surface area contributed by atoms with Crippen molar-refractivity contribution in [3.63, 3.8) is 0 Å². The Morgan fingerprint density at radius 3 is 1.48 bits per heavy atom. The van der Waals surface area contributed by atoms with Crippen LogP contribution in [0.2, 0.25) is 0 Å². The Morgan fingerprint density at radius 2 is 0.964 bits per heavy atom. The largest absolute Gasteiger partial charge is 0.472 e. The number of unbranched alkanes of at least 4 members (excludes halogenated alkanes) is 24.